The molecule has 2 atom stereocenters. The number of carbonyl (C=O) groups is 1. The molecule has 0 unspecified atom stereocenters. The van der Waals surface area contributed by atoms with E-state index >= 15 is 0 Å². The Morgan fingerprint density at radius 2 is 1.69 bits per heavy atom. The van der Waals surface area contributed by atoms with E-state index < -0.39 is 0 Å². The average Bonchev–Trinajstić information content (AvgIpc) is 2.66. The van der Waals surface area contributed by atoms with Crippen LogP contribution in [0.15, 0.2) is 12.1 Å². The summed E-state index contributed by atoms with van der Waals surface area (Å²) in [6, 6.07) is 4.20. The van der Waals surface area contributed by atoms with Crippen LogP contribution in [-0.2, 0) is 17.8 Å². The van der Waals surface area contributed by atoms with Crippen LogP contribution in [0.2, 0.25) is 0 Å². The van der Waals surface area contributed by atoms with Crippen LogP contribution in [0, 0.1) is 17.3 Å². The average molecular weight is 418 g/mol. The van der Waals surface area contributed by atoms with Gasteiger partial charge in [0.15, 0.2) is 11.5 Å². The lowest BCUT2D eigenvalue weighted by molar-refractivity contribution is -0.157. The SMILES string of the molecule is CCOc1cc2c(cc1OCC)CN(C(=O)C13C[C@H]4C[C@@H](CC(Cl)(C4)C1)C3)CC2. The van der Waals surface area contributed by atoms with Gasteiger partial charge in [0.05, 0.1) is 18.6 Å². The largest absolute Gasteiger partial charge is 0.490 e. The molecule has 4 nitrogen and oxygen atoms in total. The lowest BCUT2D eigenvalue weighted by Crippen LogP contribution is -2.59. The summed E-state index contributed by atoms with van der Waals surface area (Å²) in [7, 11) is 0. The van der Waals surface area contributed by atoms with Gasteiger partial charge in [-0.25, -0.2) is 0 Å². The number of rotatable bonds is 5. The molecule has 158 valence electrons. The van der Waals surface area contributed by atoms with Crippen LogP contribution in [0.25, 0.3) is 0 Å². The number of halogens is 1. The molecule has 5 aliphatic rings. The number of hydrogen-bond acceptors (Lipinski definition) is 3. The van der Waals surface area contributed by atoms with Gasteiger partial charge in [-0.3, -0.25) is 4.79 Å². The molecule has 4 bridgehead atoms. The molecule has 4 saturated carbocycles. The number of carbonyl (C=O) groups excluding carboxylic acids is 1. The van der Waals surface area contributed by atoms with E-state index in [1.54, 1.807) is 0 Å². The van der Waals surface area contributed by atoms with Gasteiger partial charge in [-0.15, -0.1) is 11.6 Å². The molecular weight excluding hydrogens is 386 g/mol. The molecule has 5 heteroatoms. The summed E-state index contributed by atoms with van der Waals surface area (Å²) in [5.41, 5.74) is 2.26. The highest BCUT2D eigenvalue weighted by Crippen LogP contribution is 2.64. The van der Waals surface area contributed by atoms with Crippen molar-refractivity contribution in [2.24, 2.45) is 17.3 Å². The Morgan fingerprint density at radius 1 is 1.07 bits per heavy atom. The summed E-state index contributed by atoms with van der Waals surface area (Å²) >= 11 is 6.99. The molecule has 6 rings (SSSR count). The normalized spacial score (nSPS) is 34.8. The second kappa shape index (κ2) is 7.08. The van der Waals surface area contributed by atoms with Gasteiger partial charge in [-0.1, -0.05) is 0 Å². The second-order valence-electron chi connectivity index (χ2n) is 9.80. The maximum atomic E-state index is 13.8. The van der Waals surface area contributed by atoms with E-state index in [1.807, 2.05) is 13.8 Å². The fraction of sp³-hybridized carbons (Fsp3) is 0.708. The topological polar surface area (TPSA) is 38.8 Å². The Morgan fingerprint density at radius 3 is 2.28 bits per heavy atom. The molecule has 0 aromatic heterocycles. The number of nitrogens with zero attached hydrogens (tertiary/aromatic N) is 1. The lowest BCUT2D eigenvalue weighted by atomic mass is 9.49. The molecule has 1 aromatic carbocycles. The Bertz CT molecular complexity index is 809. The number of amides is 1. The van der Waals surface area contributed by atoms with Crippen LogP contribution in [0.1, 0.15) is 63.5 Å². The summed E-state index contributed by atoms with van der Waals surface area (Å²) in [5, 5.41) is 0. The van der Waals surface area contributed by atoms with Crippen molar-refractivity contribution in [2.45, 2.75) is 70.2 Å². The number of fused-ring (bicyclic) bond motifs is 1. The Hall–Kier alpha value is -1.42. The highest BCUT2D eigenvalue weighted by atomic mass is 35.5. The summed E-state index contributed by atoms with van der Waals surface area (Å²) in [4.78, 5) is 15.8. The third-order valence-electron chi connectivity index (χ3n) is 7.61. The molecule has 0 spiro atoms. The molecule has 1 heterocycles. The first-order chi connectivity index (χ1) is 13.9. The van der Waals surface area contributed by atoms with Crippen LogP contribution >= 0.6 is 11.6 Å². The molecule has 1 amide bonds. The fourth-order valence-corrected chi connectivity index (χ4v) is 7.70. The van der Waals surface area contributed by atoms with E-state index in [2.05, 4.69) is 17.0 Å². The number of benzene rings is 1. The van der Waals surface area contributed by atoms with E-state index in [1.165, 1.54) is 17.5 Å². The van der Waals surface area contributed by atoms with Crippen LogP contribution in [-0.4, -0.2) is 35.4 Å². The molecule has 29 heavy (non-hydrogen) atoms. The predicted molar refractivity (Wildman–Crippen MR) is 114 cm³/mol. The highest BCUT2D eigenvalue weighted by Gasteiger charge is 2.60. The summed E-state index contributed by atoms with van der Waals surface area (Å²) in [6.45, 7) is 6.66. The monoisotopic (exact) mass is 417 g/mol. The summed E-state index contributed by atoms with van der Waals surface area (Å²) < 4.78 is 11.6. The molecule has 4 aliphatic carbocycles. The zero-order chi connectivity index (χ0) is 20.2. The molecule has 1 aliphatic heterocycles. The Labute approximate surface area is 178 Å². The molecule has 0 N–H and O–H groups in total. The van der Waals surface area contributed by atoms with Crippen molar-refractivity contribution in [1.29, 1.82) is 0 Å². The van der Waals surface area contributed by atoms with E-state index in [0.717, 1.165) is 56.6 Å². The number of alkyl halides is 1. The standard InChI is InChI=1S/C24H32ClNO3/c1-3-28-20-8-18-5-6-26(14-19(18)9-21(20)29-4-2)22(27)23-10-16-7-17(11-23)13-24(25,12-16)15-23/h8-9,16-17H,3-7,10-15H2,1-2H3/t16-,17-,23?,24?/m1/s1. The maximum absolute atomic E-state index is 13.8. The number of ether oxygens (including phenoxy) is 2. The van der Waals surface area contributed by atoms with Crippen molar-refractivity contribution in [2.75, 3.05) is 19.8 Å². The minimum absolute atomic E-state index is 0.123. The van der Waals surface area contributed by atoms with Crippen molar-refractivity contribution in [1.82, 2.24) is 4.90 Å². The molecule has 1 aromatic rings. The van der Waals surface area contributed by atoms with Gasteiger partial charge in [0.25, 0.3) is 0 Å². The van der Waals surface area contributed by atoms with E-state index in [-0.39, 0.29) is 10.3 Å². The summed E-state index contributed by atoms with van der Waals surface area (Å²) in [5.74, 6) is 3.25. The third kappa shape index (κ3) is 3.32. The number of hydrogen-bond donors (Lipinski definition) is 0. The van der Waals surface area contributed by atoms with Crippen molar-refractivity contribution in [3.05, 3.63) is 23.3 Å². The van der Waals surface area contributed by atoms with E-state index in [4.69, 9.17) is 21.1 Å². The van der Waals surface area contributed by atoms with Gasteiger partial charge in [-0.05, 0) is 93.9 Å². The quantitative estimate of drug-likeness (QED) is 0.636. The van der Waals surface area contributed by atoms with Crippen LogP contribution in [0.4, 0.5) is 0 Å². The van der Waals surface area contributed by atoms with Crippen molar-refractivity contribution >= 4 is 17.5 Å². The van der Waals surface area contributed by atoms with Crippen molar-refractivity contribution in [3.63, 3.8) is 0 Å². The first-order valence-electron chi connectivity index (χ1n) is 11.3. The first-order valence-corrected chi connectivity index (χ1v) is 11.7. The molecular formula is C24H32ClNO3. The van der Waals surface area contributed by atoms with Crippen LogP contribution in [0.5, 0.6) is 11.5 Å². The first kappa shape index (κ1) is 19.5. The third-order valence-corrected chi connectivity index (χ3v) is 8.05. The van der Waals surface area contributed by atoms with Crippen LogP contribution in [0.3, 0.4) is 0 Å². The van der Waals surface area contributed by atoms with Gasteiger partial charge in [0.1, 0.15) is 0 Å². The zero-order valence-electron chi connectivity index (χ0n) is 17.6. The van der Waals surface area contributed by atoms with E-state index in [0.29, 0.717) is 37.5 Å². The van der Waals surface area contributed by atoms with E-state index in [9.17, 15) is 4.79 Å². The molecule has 0 radical (unpaired) electrons. The highest BCUT2D eigenvalue weighted by molar-refractivity contribution is 6.24. The van der Waals surface area contributed by atoms with Gasteiger partial charge in [0, 0.05) is 18.0 Å². The minimum Gasteiger partial charge on any atom is -0.490 e. The predicted octanol–water partition coefficient (Wildman–Crippen LogP) is 4.95. The minimum atomic E-state index is -0.211. The van der Waals surface area contributed by atoms with Gasteiger partial charge < -0.3 is 14.4 Å². The zero-order valence-corrected chi connectivity index (χ0v) is 18.4. The fourth-order valence-electron chi connectivity index (χ4n) is 7.01. The lowest BCUT2D eigenvalue weighted by Gasteiger charge is -2.60. The van der Waals surface area contributed by atoms with Gasteiger partial charge >= 0.3 is 0 Å². The van der Waals surface area contributed by atoms with Gasteiger partial charge in [0.2, 0.25) is 5.91 Å². The Balaban J connectivity index is 1.39. The van der Waals surface area contributed by atoms with Crippen molar-refractivity contribution < 1.29 is 14.3 Å². The van der Waals surface area contributed by atoms with Crippen LogP contribution < -0.4 is 9.47 Å². The molecule has 0 saturated heterocycles. The Kier molecular flexibility index (Phi) is 4.77. The molecule has 4 fully saturated rings. The smallest absolute Gasteiger partial charge is 0.229 e. The van der Waals surface area contributed by atoms with Crippen molar-refractivity contribution in [3.8, 4) is 11.5 Å². The van der Waals surface area contributed by atoms with Gasteiger partial charge in [-0.2, -0.15) is 0 Å². The second-order valence-corrected chi connectivity index (χ2v) is 10.6. The maximum Gasteiger partial charge on any atom is 0.229 e. The summed E-state index contributed by atoms with van der Waals surface area (Å²) in [6.07, 6.45) is 7.36.